The Balaban J connectivity index is 2.00. The highest BCUT2D eigenvalue weighted by molar-refractivity contribution is 7.13. The van der Waals surface area contributed by atoms with Gasteiger partial charge in [0.2, 0.25) is 0 Å². The van der Waals surface area contributed by atoms with Crippen molar-refractivity contribution in [3.63, 3.8) is 0 Å². The molecule has 2 rings (SSSR count). The lowest BCUT2D eigenvalue weighted by molar-refractivity contribution is -0.147. The molecule has 2 N–H and O–H groups in total. The number of aromatic nitrogens is 1. The summed E-state index contributed by atoms with van der Waals surface area (Å²) in [6, 6.07) is 7.30. The van der Waals surface area contributed by atoms with Gasteiger partial charge < -0.3 is 10.4 Å². The van der Waals surface area contributed by atoms with Gasteiger partial charge in [0.15, 0.2) is 0 Å². The third-order valence-corrected chi connectivity index (χ3v) is 4.66. The molecule has 0 aliphatic heterocycles. The Morgan fingerprint density at radius 2 is 2.04 bits per heavy atom. The molecule has 0 spiro atoms. The summed E-state index contributed by atoms with van der Waals surface area (Å²) in [6.07, 6.45) is 0.343. The molecule has 2 aromatic rings. The lowest BCUT2D eigenvalue weighted by atomic mass is 9.90. The van der Waals surface area contributed by atoms with E-state index in [2.05, 4.69) is 10.3 Å². The second-order valence-electron chi connectivity index (χ2n) is 5.71. The van der Waals surface area contributed by atoms with E-state index in [1.807, 2.05) is 18.2 Å². The van der Waals surface area contributed by atoms with E-state index in [1.165, 1.54) is 11.3 Å². The van der Waals surface area contributed by atoms with Crippen LogP contribution in [0.2, 0.25) is 5.02 Å². The SMILES string of the molecule is CC(C)(CCNC(=O)c1csc(-c2ccccc2Cl)n1)C(=O)O. The standard InChI is InChI=1S/C16H17ClN2O3S/c1-16(2,15(21)22)7-8-18-13(20)12-9-23-14(19-12)10-5-3-4-6-11(10)17/h3-6,9H,7-8H2,1-2H3,(H,18,20)(H,21,22). The van der Waals surface area contributed by atoms with Crippen LogP contribution < -0.4 is 5.32 Å². The van der Waals surface area contributed by atoms with E-state index in [9.17, 15) is 9.59 Å². The molecule has 0 saturated heterocycles. The minimum Gasteiger partial charge on any atom is -0.481 e. The largest absolute Gasteiger partial charge is 0.481 e. The zero-order valence-corrected chi connectivity index (χ0v) is 14.4. The van der Waals surface area contributed by atoms with Crippen LogP contribution in [0.5, 0.6) is 0 Å². The van der Waals surface area contributed by atoms with Gasteiger partial charge >= 0.3 is 5.97 Å². The zero-order chi connectivity index (χ0) is 17.0. The van der Waals surface area contributed by atoms with Crippen molar-refractivity contribution in [2.45, 2.75) is 20.3 Å². The molecule has 1 aromatic heterocycles. The smallest absolute Gasteiger partial charge is 0.309 e. The fraction of sp³-hybridized carbons (Fsp3) is 0.312. The number of benzene rings is 1. The fourth-order valence-corrected chi connectivity index (χ4v) is 2.94. The summed E-state index contributed by atoms with van der Waals surface area (Å²) in [5.74, 6) is -1.21. The quantitative estimate of drug-likeness (QED) is 0.830. The number of thiazole rings is 1. The number of carbonyl (C=O) groups excluding carboxylic acids is 1. The second kappa shape index (κ2) is 7.10. The van der Waals surface area contributed by atoms with Crippen molar-refractivity contribution in [3.05, 3.63) is 40.4 Å². The van der Waals surface area contributed by atoms with Gasteiger partial charge in [-0.1, -0.05) is 29.8 Å². The summed E-state index contributed by atoms with van der Waals surface area (Å²) >= 11 is 7.46. The van der Waals surface area contributed by atoms with Gasteiger partial charge in [0.1, 0.15) is 10.7 Å². The van der Waals surface area contributed by atoms with Crippen LogP contribution in [0.1, 0.15) is 30.8 Å². The predicted molar refractivity (Wildman–Crippen MR) is 90.9 cm³/mol. The van der Waals surface area contributed by atoms with Crippen LogP contribution in [0.4, 0.5) is 0 Å². The van der Waals surface area contributed by atoms with Crippen LogP contribution >= 0.6 is 22.9 Å². The Labute approximate surface area is 143 Å². The Kier molecular flexibility index (Phi) is 5.38. The van der Waals surface area contributed by atoms with E-state index < -0.39 is 11.4 Å². The first kappa shape index (κ1) is 17.4. The van der Waals surface area contributed by atoms with Gasteiger partial charge in [0.25, 0.3) is 5.91 Å². The average Bonchev–Trinajstić information content (AvgIpc) is 2.97. The second-order valence-corrected chi connectivity index (χ2v) is 6.98. The van der Waals surface area contributed by atoms with E-state index in [0.717, 1.165) is 5.56 Å². The summed E-state index contributed by atoms with van der Waals surface area (Å²) in [7, 11) is 0. The lowest BCUT2D eigenvalue weighted by Gasteiger charge is -2.18. The highest BCUT2D eigenvalue weighted by Gasteiger charge is 2.26. The number of halogens is 1. The number of nitrogens with one attached hydrogen (secondary N) is 1. The average molecular weight is 353 g/mol. The maximum Gasteiger partial charge on any atom is 0.309 e. The molecule has 0 saturated carbocycles. The minimum absolute atomic E-state index is 0.275. The van der Waals surface area contributed by atoms with E-state index in [4.69, 9.17) is 16.7 Å². The van der Waals surface area contributed by atoms with Crippen LogP contribution in [0.3, 0.4) is 0 Å². The van der Waals surface area contributed by atoms with Crippen molar-refractivity contribution in [3.8, 4) is 10.6 Å². The Bertz CT molecular complexity index is 728. The fourth-order valence-electron chi connectivity index (χ4n) is 1.82. The van der Waals surface area contributed by atoms with E-state index in [1.54, 1.807) is 25.3 Å². The van der Waals surface area contributed by atoms with Crippen molar-refractivity contribution in [1.29, 1.82) is 0 Å². The highest BCUT2D eigenvalue weighted by atomic mass is 35.5. The molecule has 1 aromatic carbocycles. The van der Waals surface area contributed by atoms with Crippen molar-refractivity contribution in [2.24, 2.45) is 5.41 Å². The zero-order valence-electron chi connectivity index (χ0n) is 12.8. The maximum absolute atomic E-state index is 12.1. The molecule has 23 heavy (non-hydrogen) atoms. The molecule has 122 valence electrons. The number of carboxylic acids is 1. The molecule has 0 unspecified atom stereocenters. The van der Waals surface area contributed by atoms with Crippen LogP contribution in [-0.2, 0) is 4.79 Å². The summed E-state index contributed by atoms with van der Waals surface area (Å²) in [4.78, 5) is 27.4. The molecule has 0 atom stereocenters. The normalized spacial score (nSPS) is 11.3. The van der Waals surface area contributed by atoms with Gasteiger partial charge in [-0.25, -0.2) is 4.98 Å². The van der Waals surface area contributed by atoms with Crippen LogP contribution in [0, 0.1) is 5.41 Å². The Hall–Kier alpha value is -1.92. The number of carboxylic acid groups (broad SMARTS) is 1. The van der Waals surface area contributed by atoms with Gasteiger partial charge in [-0.2, -0.15) is 0 Å². The number of nitrogens with zero attached hydrogens (tertiary/aromatic N) is 1. The number of hydrogen-bond acceptors (Lipinski definition) is 4. The molecule has 0 bridgehead atoms. The van der Waals surface area contributed by atoms with Crippen LogP contribution in [0.25, 0.3) is 10.6 Å². The van der Waals surface area contributed by atoms with Crippen molar-refractivity contribution >= 4 is 34.8 Å². The van der Waals surface area contributed by atoms with E-state index in [0.29, 0.717) is 22.1 Å². The molecular weight excluding hydrogens is 336 g/mol. The van der Waals surface area contributed by atoms with Crippen molar-refractivity contribution in [2.75, 3.05) is 6.54 Å². The molecule has 1 heterocycles. The first-order valence-corrected chi connectivity index (χ1v) is 8.29. The lowest BCUT2D eigenvalue weighted by Crippen LogP contribution is -2.32. The molecule has 0 radical (unpaired) electrons. The van der Waals surface area contributed by atoms with Crippen molar-refractivity contribution in [1.82, 2.24) is 10.3 Å². The number of amides is 1. The number of rotatable bonds is 6. The Morgan fingerprint density at radius 3 is 2.70 bits per heavy atom. The van der Waals surface area contributed by atoms with E-state index in [-0.39, 0.29) is 12.5 Å². The van der Waals surface area contributed by atoms with Crippen molar-refractivity contribution < 1.29 is 14.7 Å². The summed E-state index contributed by atoms with van der Waals surface area (Å²) in [5.41, 5.74) is 0.209. The predicted octanol–water partition coefficient (Wildman–Crippen LogP) is 3.69. The molecular formula is C16H17ClN2O3S. The molecule has 1 amide bonds. The number of aliphatic carboxylic acids is 1. The first-order chi connectivity index (χ1) is 10.8. The molecule has 7 heteroatoms. The van der Waals surface area contributed by atoms with Crippen LogP contribution in [-0.4, -0.2) is 28.5 Å². The third kappa shape index (κ3) is 4.30. The number of carbonyl (C=O) groups is 2. The molecule has 5 nitrogen and oxygen atoms in total. The summed E-state index contributed by atoms with van der Waals surface area (Å²) in [6.45, 7) is 3.52. The molecule has 0 aliphatic carbocycles. The maximum atomic E-state index is 12.1. The van der Waals surface area contributed by atoms with Gasteiger partial charge in [0.05, 0.1) is 10.4 Å². The molecule has 0 fully saturated rings. The van der Waals surface area contributed by atoms with Crippen LogP contribution in [0.15, 0.2) is 29.6 Å². The topological polar surface area (TPSA) is 79.3 Å². The Morgan fingerprint density at radius 1 is 1.35 bits per heavy atom. The molecule has 0 aliphatic rings. The number of hydrogen-bond donors (Lipinski definition) is 2. The van der Waals surface area contributed by atoms with Gasteiger partial charge in [-0.05, 0) is 26.3 Å². The first-order valence-electron chi connectivity index (χ1n) is 7.03. The summed E-state index contributed by atoms with van der Waals surface area (Å²) in [5, 5.41) is 14.7. The van der Waals surface area contributed by atoms with Gasteiger partial charge in [-0.15, -0.1) is 11.3 Å². The summed E-state index contributed by atoms with van der Waals surface area (Å²) < 4.78 is 0. The van der Waals surface area contributed by atoms with E-state index >= 15 is 0 Å². The third-order valence-electron chi connectivity index (χ3n) is 3.46. The monoisotopic (exact) mass is 352 g/mol. The highest BCUT2D eigenvalue weighted by Crippen LogP contribution is 2.30. The minimum atomic E-state index is -0.888. The van der Waals surface area contributed by atoms with Gasteiger partial charge in [-0.3, -0.25) is 9.59 Å². The van der Waals surface area contributed by atoms with Gasteiger partial charge in [0, 0.05) is 17.5 Å².